The first kappa shape index (κ1) is 9.77. The van der Waals surface area contributed by atoms with Gasteiger partial charge >= 0.3 is 11.9 Å². The van der Waals surface area contributed by atoms with E-state index in [0.717, 1.165) is 5.39 Å². The summed E-state index contributed by atoms with van der Waals surface area (Å²) in [5.41, 5.74) is 1.07. The number of cyclic esters (lactones) is 2. The molecular weight excluding hydrogens is 222 g/mol. The van der Waals surface area contributed by atoms with Crippen LogP contribution in [0, 0.1) is 0 Å². The van der Waals surface area contributed by atoms with Crippen molar-refractivity contribution in [2.24, 2.45) is 0 Å². The Morgan fingerprint density at radius 1 is 1.18 bits per heavy atom. The lowest BCUT2D eigenvalue weighted by Crippen LogP contribution is -2.03. The maximum absolute atomic E-state index is 11.4. The molecule has 0 saturated carbocycles. The monoisotopic (exact) mass is 229 g/mol. The number of aromatic nitrogens is 1. The molecule has 0 radical (unpaired) electrons. The molecule has 2 aromatic rings. The predicted octanol–water partition coefficient (Wildman–Crippen LogP) is 1.61. The highest BCUT2D eigenvalue weighted by Gasteiger charge is 2.30. The highest BCUT2D eigenvalue weighted by molar-refractivity contribution is 6.17. The standard InChI is InChI=1S/C12H7NO4/c1-6(14)13-3-2-7-4-8-9(5-10(7)13)12(16)17-11(8)15/h2-5H,1H3. The number of benzene rings is 1. The fourth-order valence-corrected chi connectivity index (χ4v) is 1.99. The van der Waals surface area contributed by atoms with Crippen molar-refractivity contribution in [3.05, 3.63) is 35.5 Å². The van der Waals surface area contributed by atoms with Crippen LogP contribution in [0.2, 0.25) is 0 Å². The number of fused-ring (bicyclic) bond motifs is 2. The van der Waals surface area contributed by atoms with Gasteiger partial charge in [0.2, 0.25) is 5.91 Å². The van der Waals surface area contributed by atoms with Crippen molar-refractivity contribution in [2.45, 2.75) is 6.92 Å². The average molecular weight is 229 g/mol. The van der Waals surface area contributed by atoms with E-state index in [1.165, 1.54) is 17.6 Å². The molecule has 5 heteroatoms. The molecule has 5 nitrogen and oxygen atoms in total. The number of carbonyl (C=O) groups excluding carboxylic acids is 3. The minimum absolute atomic E-state index is 0.155. The van der Waals surface area contributed by atoms with Crippen molar-refractivity contribution in [3.63, 3.8) is 0 Å². The Morgan fingerprint density at radius 3 is 2.47 bits per heavy atom. The van der Waals surface area contributed by atoms with E-state index in [2.05, 4.69) is 4.74 Å². The van der Waals surface area contributed by atoms with Gasteiger partial charge in [0.05, 0.1) is 16.6 Å². The summed E-state index contributed by atoms with van der Waals surface area (Å²) in [5.74, 6) is -1.46. The average Bonchev–Trinajstić information content (AvgIpc) is 2.79. The van der Waals surface area contributed by atoms with Crippen molar-refractivity contribution in [1.82, 2.24) is 4.57 Å². The summed E-state index contributed by atoms with van der Waals surface area (Å²) in [6.45, 7) is 1.43. The topological polar surface area (TPSA) is 65.4 Å². The highest BCUT2D eigenvalue weighted by atomic mass is 16.6. The molecule has 84 valence electrons. The van der Waals surface area contributed by atoms with E-state index in [1.807, 2.05) is 0 Å². The van der Waals surface area contributed by atoms with E-state index in [4.69, 9.17) is 0 Å². The van der Waals surface area contributed by atoms with Gasteiger partial charge in [0.15, 0.2) is 0 Å². The van der Waals surface area contributed by atoms with Gasteiger partial charge < -0.3 is 4.74 Å². The number of esters is 2. The number of nitrogens with zero attached hydrogens (tertiary/aromatic N) is 1. The second kappa shape index (κ2) is 3.04. The van der Waals surface area contributed by atoms with Crippen LogP contribution in [0.25, 0.3) is 10.9 Å². The normalized spacial score (nSPS) is 13.9. The molecule has 0 atom stereocenters. The van der Waals surface area contributed by atoms with Crippen LogP contribution >= 0.6 is 0 Å². The third kappa shape index (κ3) is 1.22. The molecule has 1 aromatic carbocycles. The zero-order valence-corrected chi connectivity index (χ0v) is 8.89. The second-order valence-corrected chi connectivity index (χ2v) is 3.84. The van der Waals surface area contributed by atoms with Crippen LogP contribution in [0.3, 0.4) is 0 Å². The van der Waals surface area contributed by atoms with E-state index in [1.54, 1.807) is 18.3 Å². The van der Waals surface area contributed by atoms with Gasteiger partial charge in [-0.2, -0.15) is 0 Å². The number of hydrogen-bond acceptors (Lipinski definition) is 4. The Balaban J connectivity index is 2.37. The fraction of sp³-hybridized carbons (Fsp3) is 0.0833. The Labute approximate surface area is 95.6 Å². The van der Waals surface area contributed by atoms with Crippen LogP contribution in [0.4, 0.5) is 0 Å². The first-order valence-corrected chi connectivity index (χ1v) is 5.00. The predicted molar refractivity (Wildman–Crippen MR) is 58.0 cm³/mol. The maximum atomic E-state index is 11.4. The van der Waals surface area contributed by atoms with E-state index < -0.39 is 11.9 Å². The van der Waals surface area contributed by atoms with E-state index in [9.17, 15) is 14.4 Å². The summed E-state index contributed by atoms with van der Waals surface area (Å²) >= 11 is 0. The van der Waals surface area contributed by atoms with Gasteiger partial charge in [-0.05, 0) is 18.2 Å². The molecule has 0 aliphatic carbocycles. The molecule has 3 rings (SSSR count). The number of ether oxygens (including phenoxy) is 1. The molecule has 0 saturated heterocycles. The van der Waals surface area contributed by atoms with Crippen LogP contribution in [0.5, 0.6) is 0 Å². The Hall–Kier alpha value is -2.43. The third-order valence-corrected chi connectivity index (χ3v) is 2.79. The van der Waals surface area contributed by atoms with Crippen LogP contribution in [0.15, 0.2) is 24.4 Å². The largest absolute Gasteiger partial charge is 0.386 e. The lowest BCUT2D eigenvalue weighted by atomic mass is 10.1. The van der Waals surface area contributed by atoms with E-state index >= 15 is 0 Å². The third-order valence-electron chi connectivity index (χ3n) is 2.79. The molecule has 0 N–H and O–H groups in total. The van der Waals surface area contributed by atoms with E-state index in [0.29, 0.717) is 5.52 Å². The first-order valence-electron chi connectivity index (χ1n) is 5.00. The van der Waals surface area contributed by atoms with Crippen molar-refractivity contribution in [1.29, 1.82) is 0 Å². The summed E-state index contributed by atoms with van der Waals surface area (Å²) in [4.78, 5) is 34.1. The quantitative estimate of drug-likeness (QED) is 0.508. The van der Waals surface area contributed by atoms with Gasteiger partial charge in [-0.1, -0.05) is 0 Å². The fourth-order valence-electron chi connectivity index (χ4n) is 1.99. The maximum Gasteiger partial charge on any atom is 0.346 e. The summed E-state index contributed by atoms with van der Waals surface area (Å²) in [5, 5.41) is 0.727. The molecule has 2 heterocycles. The van der Waals surface area contributed by atoms with Crippen molar-refractivity contribution in [2.75, 3.05) is 0 Å². The van der Waals surface area contributed by atoms with Gasteiger partial charge in [-0.15, -0.1) is 0 Å². The van der Waals surface area contributed by atoms with Gasteiger partial charge in [-0.25, -0.2) is 9.59 Å². The van der Waals surface area contributed by atoms with Crippen molar-refractivity contribution in [3.8, 4) is 0 Å². The molecule has 17 heavy (non-hydrogen) atoms. The molecule has 1 aliphatic heterocycles. The van der Waals surface area contributed by atoms with Crippen LogP contribution in [-0.2, 0) is 4.74 Å². The summed E-state index contributed by atoms with van der Waals surface area (Å²) in [7, 11) is 0. The zero-order chi connectivity index (χ0) is 12.2. The Morgan fingerprint density at radius 2 is 1.82 bits per heavy atom. The lowest BCUT2D eigenvalue weighted by Gasteiger charge is -2.00. The molecule has 0 spiro atoms. The zero-order valence-electron chi connectivity index (χ0n) is 8.89. The number of rotatable bonds is 0. The van der Waals surface area contributed by atoms with Gasteiger partial charge in [0.1, 0.15) is 0 Å². The number of hydrogen-bond donors (Lipinski definition) is 0. The summed E-state index contributed by atoms with van der Waals surface area (Å²) in [6, 6.07) is 4.80. The Kier molecular flexibility index (Phi) is 1.75. The SMILES string of the molecule is CC(=O)n1ccc2cc3c(cc21)C(=O)OC3=O. The van der Waals surface area contributed by atoms with Crippen LogP contribution < -0.4 is 0 Å². The molecular formula is C12H7NO4. The molecule has 0 unspecified atom stereocenters. The summed E-state index contributed by atoms with van der Waals surface area (Å²) < 4.78 is 5.92. The van der Waals surface area contributed by atoms with Gasteiger partial charge in [0.25, 0.3) is 0 Å². The van der Waals surface area contributed by atoms with Crippen LogP contribution in [-0.4, -0.2) is 22.4 Å². The van der Waals surface area contributed by atoms with Crippen molar-refractivity contribution < 1.29 is 19.1 Å². The molecule has 1 aliphatic rings. The van der Waals surface area contributed by atoms with E-state index in [-0.39, 0.29) is 17.0 Å². The first-order chi connectivity index (χ1) is 8.08. The smallest absolute Gasteiger partial charge is 0.346 e. The van der Waals surface area contributed by atoms with Crippen molar-refractivity contribution >= 4 is 28.7 Å². The minimum atomic E-state index is -0.664. The number of carbonyl (C=O) groups is 3. The molecule has 0 bridgehead atoms. The van der Waals surface area contributed by atoms with Crippen LogP contribution in [0.1, 0.15) is 32.4 Å². The lowest BCUT2D eigenvalue weighted by molar-refractivity contribution is 0.0443. The molecule has 0 fully saturated rings. The molecule has 1 aromatic heterocycles. The highest BCUT2D eigenvalue weighted by Crippen LogP contribution is 2.26. The Bertz CT molecular complexity index is 696. The minimum Gasteiger partial charge on any atom is -0.386 e. The summed E-state index contributed by atoms with van der Waals surface area (Å²) in [6.07, 6.45) is 1.61. The second-order valence-electron chi connectivity index (χ2n) is 3.84. The molecule has 0 amide bonds. The van der Waals surface area contributed by atoms with Gasteiger partial charge in [-0.3, -0.25) is 9.36 Å². The van der Waals surface area contributed by atoms with Gasteiger partial charge in [0, 0.05) is 18.5 Å².